The first kappa shape index (κ1) is 13.0. The van der Waals surface area contributed by atoms with Crippen LogP contribution in [0.25, 0.3) is 10.2 Å². The second-order valence-corrected chi connectivity index (χ2v) is 5.57. The molecule has 2 aromatic heterocycles. The van der Waals surface area contributed by atoms with Crippen LogP contribution in [0.1, 0.15) is 18.2 Å². The highest BCUT2D eigenvalue weighted by atomic mass is 32.1. The minimum absolute atomic E-state index is 0.280. The fraction of sp³-hybridized carbons (Fsp3) is 0.500. The fourth-order valence-electron chi connectivity index (χ4n) is 1.77. The van der Waals surface area contributed by atoms with Gasteiger partial charge in [0, 0.05) is 24.6 Å². The molecular formula is C12H18N4OS. The number of thiophene rings is 1. The zero-order chi connectivity index (χ0) is 13.1. The number of hydrogen-bond acceptors (Lipinski definition) is 6. The number of anilines is 2. The summed E-state index contributed by atoms with van der Waals surface area (Å²) >= 11 is 1.63. The van der Waals surface area contributed by atoms with Crippen molar-refractivity contribution in [3.63, 3.8) is 0 Å². The molecule has 0 saturated heterocycles. The number of hydrogen-bond donors (Lipinski definition) is 2. The summed E-state index contributed by atoms with van der Waals surface area (Å²) in [6.45, 7) is 4.88. The lowest BCUT2D eigenvalue weighted by Gasteiger charge is -2.14. The van der Waals surface area contributed by atoms with Crippen LogP contribution in [0.3, 0.4) is 0 Å². The van der Waals surface area contributed by atoms with Crippen LogP contribution in [0.5, 0.6) is 0 Å². The predicted octanol–water partition coefficient (Wildman–Crippen LogP) is 2.42. The zero-order valence-electron chi connectivity index (χ0n) is 10.9. The van der Waals surface area contributed by atoms with Crippen LogP contribution in [-0.2, 0) is 4.74 Å². The molecule has 1 unspecified atom stereocenters. The molecule has 2 heterocycles. The smallest absolute Gasteiger partial charge is 0.223 e. The molecule has 0 radical (unpaired) electrons. The Morgan fingerprint density at radius 2 is 2.28 bits per heavy atom. The van der Waals surface area contributed by atoms with E-state index in [0.29, 0.717) is 5.95 Å². The Balaban J connectivity index is 2.26. The van der Waals surface area contributed by atoms with Crippen LogP contribution in [0.4, 0.5) is 11.8 Å². The van der Waals surface area contributed by atoms with Gasteiger partial charge in [-0.3, -0.25) is 0 Å². The van der Waals surface area contributed by atoms with Gasteiger partial charge in [-0.15, -0.1) is 11.3 Å². The molecule has 5 nitrogen and oxygen atoms in total. The van der Waals surface area contributed by atoms with Gasteiger partial charge in [0.1, 0.15) is 10.6 Å². The lowest BCUT2D eigenvalue weighted by atomic mass is 10.2. The third kappa shape index (κ3) is 2.88. The summed E-state index contributed by atoms with van der Waals surface area (Å²) in [5.74, 6) is 1.12. The van der Waals surface area contributed by atoms with E-state index >= 15 is 0 Å². The Morgan fingerprint density at radius 3 is 3.00 bits per heavy atom. The van der Waals surface area contributed by atoms with E-state index in [1.54, 1.807) is 18.4 Å². The molecule has 1 atom stereocenters. The van der Waals surface area contributed by atoms with Crippen molar-refractivity contribution in [2.24, 2.45) is 0 Å². The van der Waals surface area contributed by atoms with Crippen molar-refractivity contribution < 1.29 is 4.74 Å². The Hall–Kier alpha value is -1.40. The Labute approximate surface area is 110 Å². The first-order valence-corrected chi connectivity index (χ1v) is 6.71. The summed E-state index contributed by atoms with van der Waals surface area (Å²) in [7, 11) is 1.70. The van der Waals surface area contributed by atoms with Gasteiger partial charge in [0.05, 0.1) is 5.39 Å². The van der Waals surface area contributed by atoms with E-state index in [0.717, 1.165) is 29.1 Å². The van der Waals surface area contributed by atoms with E-state index in [2.05, 4.69) is 35.2 Å². The number of nitrogens with zero attached hydrogens (tertiary/aromatic N) is 2. The summed E-state index contributed by atoms with van der Waals surface area (Å²) in [5.41, 5.74) is 5.73. The first-order chi connectivity index (χ1) is 8.60. The molecule has 0 aromatic carbocycles. The molecule has 2 rings (SSSR count). The van der Waals surface area contributed by atoms with Crippen LogP contribution in [0, 0.1) is 6.92 Å². The molecule has 98 valence electrons. The number of rotatable bonds is 5. The summed E-state index contributed by atoms with van der Waals surface area (Å²) in [6.07, 6.45) is 0.922. The molecule has 0 amide bonds. The molecule has 18 heavy (non-hydrogen) atoms. The first-order valence-electron chi connectivity index (χ1n) is 5.89. The highest BCUT2D eigenvalue weighted by molar-refractivity contribution is 7.18. The molecule has 2 aromatic rings. The highest BCUT2D eigenvalue weighted by Crippen LogP contribution is 2.29. The number of methoxy groups -OCH3 is 1. The molecule has 0 fully saturated rings. The quantitative estimate of drug-likeness (QED) is 0.869. The van der Waals surface area contributed by atoms with Gasteiger partial charge in [0.15, 0.2) is 0 Å². The van der Waals surface area contributed by atoms with Crippen molar-refractivity contribution in [3.8, 4) is 0 Å². The minimum atomic E-state index is 0.280. The third-order valence-corrected chi connectivity index (χ3v) is 3.62. The van der Waals surface area contributed by atoms with Crippen LogP contribution in [0.2, 0.25) is 0 Å². The lowest BCUT2D eigenvalue weighted by molar-refractivity contribution is 0.191. The maximum atomic E-state index is 5.73. The standard InChI is InChI=1S/C12H18N4OS/c1-7(4-5-17-3)14-10-9-6-8(2)18-11(9)16-12(13)15-10/h6-7H,4-5H2,1-3H3,(H3,13,14,15,16). The fourth-order valence-corrected chi connectivity index (χ4v) is 2.66. The monoisotopic (exact) mass is 266 g/mol. The van der Waals surface area contributed by atoms with Gasteiger partial charge in [-0.2, -0.15) is 4.98 Å². The molecule has 0 aliphatic carbocycles. The van der Waals surface area contributed by atoms with Crippen molar-refractivity contribution in [3.05, 3.63) is 10.9 Å². The van der Waals surface area contributed by atoms with Gasteiger partial charge in [0.2, 0.25) is 5.95 Å². The van der Waals surface area contributed by atoms with Crippen molar-refractivity contribution in [2.75, 3.05) is 24.8 Å². The molecule has 0 aliphatic rings. The Kier molecular flexibility index (Phi) is 3.98. The molecule has 6 heteroatoms. The van der Waals surface area contributed by atoms with Crippen molar-refractivity contribution in [2.45, 2.75) is 26.3 Å². The summed E-state index contributed by atoms with van der Waals surface area (Å²) < 4.78 is 5.07. The van der Waals surface area contributed by atoms with E-state index in [1.807, 2.05) is 0 Å². The molecule has 0 bridgehead atoms. The maximum Gasteiger partial charge on any atom is 0.223 e. The van der Waals surface area contributed by atoms with Crippen molar-refractivity contribution in [1.29, 1.82) is 0 Å². The summed E-state index contributed by atoms with van der Waals surface area (Å²) in [5, 5.41) is 4.41. The van der Waals surface area contributed by atoms with Gasteiger partial charge in [-0.25, -0.2) is 4.98 Å². The van der Waals surface area contributed by atoms with Crippen LogP contribution in [-0.4, -0.2) is 29.7 Å². The number of nitrogens with two attached hydrogens (primary N) is 1. The molecular weight excluding hydrogens is 248 g/mol. The average Bonchev–Trinajstić information content (AvgIpc) is 2.67. The van der Waals surface area contributed by atoms with E-state index in [1.165, 1.54) is 4.88 Å². The van der Waals surface area contributed by atoms with Crippen LogP contribution in [0.15, 0.2) is 6.07 Å². The van der Waals surface area contributed by atoms with Gasteiger partial charge in [-0.1, -0.05) is 0 Å². The molecule has 3 N–H and O–H groups in total. The normalized spacial score (nSPS) is 12.8. The average molecular weight is 266 g/mol. The van der Waals surface area contributed by atoms with E-state index in [4.69, 9.17) is 10.5 Å². The molecule has 0 spiro atoms. The van der Waals surface area contributed by atoms with E-state index < -0.39 is 0 Å². The highest BCUT2D eigenvalue weighted by Gasteiger charge is 2.11. The van der Waals surface area contributed by atoms with Gasteiger partial charge >= 0.3 is 0 Å². The zero-order valence-corrected chi connectivity index (χ0v) is 11.7. The molecule has 0 aliphatic heterocycles. The minimum Gasteiger partial charge on any atom is -0.385 e. The van der Waals surface area contributed by atoms with Gasteiger partial charge in [0.25, 0.3) is 0 Å². The number of fused-ring (bicyclic) bond motifs is 1. The second-order valence-electron chi connectivity index (χ2n) is 4.33. The number of aryl methyl sites for hydroxylation is 1. The van der Waals surface area contributed by atoms with Gasteiger partial charge < -0.3 is 15.8 Å². The third-order valence-electron chi connectivity index (χ3n) is 2.67. The second kappa shape index (κ2) is 5.49. The predicted molar refractivity (Wildman–Crippen MR) is 76.1 cm³/mol. The van der Waals surface area contributed by atoms with E-state index in [9.17, 15) is 0 Å². The van der Waals surface area contributed by atoms with Gasteiger partial charge in [-0.05, 0) is 26.3 Å². The SMILES string of the molecule is COCCC(C)Nc1nc(N)nc2sc(C)cc12. The Morgan fingerprint density at radius 1 is 1.50 bits per heavy atom. The lowest BCUT2D eigenvalue weighted by Crippen LogP contribution is -2.18. The Bertz CT molecular complexity index is 540. The van der Waals surface area contributed by atoms with Crippen molar-refractivity contribution in [1.82, 2.24) is 9.97 Å². The van der Waals surface area contributed by atoms with E-state index in [-0.39, 0.29) is 6.04 Å². The van der Waals surface area contributed by atoms with Crippen LogP contribution < -0.4 is 11.1 Å². The summed E-state index contributed by atoms with van der Waals surface area (Å²) in [4.78, 5) is 10.7. The number of nitrogen functional groups attached to an aromatic ring is 1. The summed E-state index contributed by atoms with van der Waals surface area (Å²) in [6, 6.07) is 2.37. The van der Waals surface area contributed by atoms with Crippen LogP contribution >= 0.6 is 11.3 Å². The van der Waals surface area contributed by atoms with Crippen molar-refractivity contribution >= 4 is 33.3 Å². The number of aromatic nitrogens is 2. The maximum absolute atomic E-state index is 5.73. The number of nitrogens with one attached hydrogen (secondary N) is 1. The largest absolute Gasteiger partial charge is 0.385 e. The molecule has 0 saturated carbocycles. The number of ether oxygens (including phenoxy) is 1. The topological polar surface area (TPSA) is 73.1 Å².